The van der Waals surface area contributed by atoms with E-state index in [1.54, 1.807) is 0 Å². The number of hydrogen-bond donors (Lipinski definition) is 0. The molecule has 0 radical (unpaired) electrons. The normalized spacial score (nSPS) is 12.1. The van der Waals surface area contributed by atoms with Gasteiger partial charge in [-0.3, -0.25) is 14.4 Å². The summed E-state index contributed by atoms with van der Waals surface area (Å²) in [6.45, 7) is 11.3. The number of unbranched alkanes of at least 4 members (excludes halogenated alkanes) is 33. The first-order chi connectivity index (χ1) is 29.2. The molecular weight excluding hydrogens is 745 g/mol. The minimum Gasteiger partial charge on any atom is -0.462 e. The average Bonchev–Trinajstić information content (AvgIpc) is 3.22. The highest BCUT2D eigenvalue weighted by Crippen LogP contribution is 2.18. The molecule has 0 fully saturated rings. The van der Waals surface area contributed by atoms with Gasteiger partial charge in [-0.1, -0.05) is 259 Å². The maximum Gasteiger partial charge on any atom is 0.306 e. The Morgan fingerprint density at radius 2 is 0.550 bits per heavy atom. The molecule has 0 amide bonds. The Bertz CT molecular complexity index is 916. The summed E-state index contributed by atoms with van der Waals surface area (Å²) < 4.78 is 16.7. The summed E-state index contributed by atoms with van der Waals surface area (Å²) in [7, 11) is 0. The van der Waals surface area contributed by atoms with E-state index < -0.39 is 6.10 Å². The van der Waals surface area contributed by atoms with Gasteiger partial charge in [-0.25, -0.2) is 0 Å². The van der Waals surface area contributed by atoms with E-state index in [9.17, 15) is 14.4 Å². The van der Waals surface area contributed by atoms with Crippen LogP contribution < -0.4 is 0 Å². The van der Waals surface area contributed by atoms with Crippen LogP contribution in [0.1, 0.15) is 298 Å². The lowest BCUT2D eigenvalue weighted by Crippen LogP contribution is -2.30. The molecule has 0 aliphatic heterocycles. The third-order valence-corrected chi connectivity index (χ3v) is 12.2. The zero-order valence-corrected chi connectivity index (χ0v) is 41.1. The van der Waals surface area contributed by atoms with E-state index in [1.807, 2.05) is 0 Å². The molecule has 6 nitrogen and oxygen atoms in total. The monoisotopic (exact) mass is 849 g/mol. The molecule has 0 spiro atoms. The maximum absolute atomic E-state index is 12.8. The van der Waals surface area contributed by atoms with Crippen LogP contribution in [-0.4, -0.2) is 37.2 Å². The van der Waals surface area contributed by atoms with E-state index in [4.69, 9.17) is 14.2 Å². The molecule has 356 valence electrons. The van der Waals surface area contributed by atoms with E-state index >= 15 is 0 Å². The molecular formula is C54H104O6. The quantitative estimate of drug-likeness (QED) is 0.0345. The lowest BCUT2D eigenvalue weighted by molar-refractivity contribution is -0.167. The number of hydrogen-bond acceptors (Lipinski definition) is 6. The smallest absolute Gasteiger partial charge is 0.306 e. The Morgan fingerprint density at radius 1 is 0.317 bits per heavy atom. The molecule has 60 heavy (non-hydrogen) atoms. The number of ether oxygens (including phenoxy) is 3. The van der Waals surface area contributed by atoms with Gasteiger partial charge in [0.25, 0.3) is 0 Å². The van der Waals surface area contributed by atoms with Crippen molar-refractivity contribution in [1.82, 2.24) is 0 Å². The van der Waals surface area contributed by atoms with Crippen LogP contribution >= 0.6 is 0 Å². The van der Waals surface area contributed by atoms with Gasteiger partial charge in [0.1, 0.15) is 13.2 Å². The topological polar surface area (TPSA) is 78.9 Å². The summed E-state index contributed by atoms with van der Waals surface area (Å²) in [5.74, 6) is 0.838. The Balaban J connectivity index is 4.07. The van der Waals surface area contributed by atoms with Crippen LogP contribution in [0.25, 0.3) is 0 Å². The minimum atomic E-state index is -0.760. The summed E-state index contributed by atoms with van der Waals surface area (Å²) in [4.78, 5) is 37.7. The molecule has 6 heteroatoms. The summed E-state index contributed by atoms with van der Waals surface area (Å²) in [5, 5.41) is 0. The van der Waals surface area contributed by atoms with Crippen molar-refractivity contribution in [1.29, 1.82) is 0 Å². The molecule has 0 heterocycles. The van der Waals surface area contributed by atoms with Crippen molar-refractivity contribution in [3.63, 3.8) is 0 Å². The first-order valence-electron chi connectivity index (χ1n) is 26.7. The molecule has 0 N–H and O–H groups in total. The van der Waals surface area contributed by atoms with E-state index in [0.29, 0.717) is 19.3 Å². The molecule has 0 aromatic heterocycles. The number of rotatable bonds is 48. The summed E-state index contributed by atoms with van der Waals surface area (Å²) in [5.41, 5.74) is 0. The summed E-state index contributed by atoms with van der Waals surface area (Å²) >= 11 is 0. The first kappa shape index (κ1) is 58.4. The second-order valence-electron chi connectivity index (χ2n) is 19.5. The fourth-order valence-corrected chi connectivity index (χ4v) is 8.17. The van der Waals surface area contributed by atoms with Gasteiger partial charge in [0.15, 0.2) is 6.10 Å². The molecule has 0 unspecified atom stereocenters. The molecule has 0 rings (SSSR count). The molecule has 0 aliphatic rings. The lowest BCUT2D eigenvalue weighted by atomic mass is 10.0. The zero-order valence-electron chi connectivity index (χ0n) is 41.1. The fourth-order valence-electron chi connectivity index (χ4n) is 8.17. The van der Waals surface area contributed by atoms with Crippen molar-refractivity contribution >= 4 is 17.9 Å². The van der Waals surface area contributed by atoms with Crippen molar-refractivity contribution in [2.45, 2.75) is 304 Å². The Kier molecular flexibility index (Phi) is 45.7. The van der Waals surface area contributed by atoms with Crippen molar-refractivity contribution in [3.05, 3.63) is 0 Å². The molecule has 1 atom stereocenters. The van der Waals surface area contributed by atoms with Gasteiger partial charge in [0.2, 0.25) is 0 Å². The average molecular weight is 849 g/mol. The first-order valence-corrected chi connectivity index (χ1v) is 26.7. The SMILES string of the molecule is CCCCCCCC(=O)OC[C@H](COC(=O)CCCCCCCCCCCCCCCC(C)C)OC(=O)CCCCCCCCCCCCCCCCCCCCC(C)C. The number of carbonyl (C=O) groups excluding carboxylic acids is 3. The highest BCUT2D eigenvalue weighted by Gasteiger charge is 2.19. The Labute approximate surface area is 374 Å². The number of carbonyl (C=O) groups is 3. The molecule has 0 aromatic rings. The van der Waals surface area contributed by atoms with Gasteiger partial charge in [0.05, 0.1) is 0 Å². The van der Waals surface area contributed by atoms with Crippen LogP contribution in [0.5, 0.6) is 0 Å². The van der Waals surface area contributed by atoms with Gasteiger partial charge in [-0.15, -0.1) is 0 Å². The molecule has 0 saturated heterocycles. The molecule has 0 bridgehead atoms. The Hall–Kier alpha value is -1.59. The minimum absolute atomic E-state index is 0.0644. The van der Waals surface area contributed by atoms with E-state index in [0.717, 1.165) is 76.0 Å². The van der Waals surface area contributed by atoms with Crippen LogP contribution in [0.4, 0.5) is 0 Å². The van der Waals surface area contributed by atoms with Gasteiger partial charge < -0.3 is 14.2 Å². The highest BCUT2D eigenvalue weighted by molar-refractivity contribution is 5.71. The van der Waals surface area contributed by atoms with E-state index in [1.165, 1.54) is 180 Å². The Morgan fingerprint density at radius 3 is 0.817 bits per heavy atom. The highest BCUT2D eigenvalue weighted by atomic mass is 16.6. The van der Waals surface area contributed by atoms with E-state index in [-0.39, 0.29) is 31.1 Å². The number of esters is 3. The van der Waals surface area contributed by atoms with Gasteiger partial charge >= 0.3 is 17.9 Å². The zero-order chi connectivity index (χ0) is 44.0. The maximum atomic E-state index is 12.8. The van der Waals surface area contributed by atoms with Gasteiger partial charge in [-0.05, 0) is 31.1 Å². The summed E-state index contributed by atoms with van der Waals surface area (Å²) in [6, 6.07) is 0. The molecule has 0 aliphatic carbocycles. The van der Waals surface area contributed by atoms with Crippen LogP contribution in [-0.2, 0) is 28.6 Å². The van der Waals surface area contributed by atoms with Crippen LogP contribution in [0.2, 0.25) is 0 Å². The lowest BCUT2D eigenvalue weighted by Gasteiger charge is -2.18. The largest absolute Gasteiger partial charge is 0.462 e. The molecule has 0 saturated carbocycles. The van der Waals surface area contributed by atoms with Crippen LogP contribution in [0, 0.1) is 11.8 Å². The van der Waals surface area contributed by atoms with Crippen molar-refractivity contribution in [2.24, 2.45) is 11.8 Å². The molecule has 0 aromatic carbocycles. The summed E-state index contributed by atoms with van der Waals surface area (Å²) in [6.07, 6.45) is 48.4. The predicted molar refractivity (Wildman–Crippen MR) is 256 cm³/mol. The second-order valence-corrected chi connectivity index (χ2v) is 19.5. The van der Waals surface area contributed by atoms with Crippen LogP contribution in [0.15, 0.2) is 0 Å². The van der Waals surface area contributed by atoms with Gasteiger partial charge in [-0.2, -0.15) is 0 Å². The standard InChI is InChI=1S/C54H104O6/c1-6-7-8-32-39-44-52(55)58-47-51(48-59-53(56)45-40-35-30-26-22-19-15-17-21-25-29-34-38-43-50(4)5)60-54(57)46-41-36-31-27-23-18-14-12-10-9-11-13-16-20-24-28-33-37-42-49(2)3/h49-51H,6-48H2,1-5H3/t51-/m1/s1. The van der Waals surface area contributed by atoms with Crippen molar-refractivity contribution < 1.29 is 28.6 Å². The fraction of sp³-hybridized carbons (Fsp3) is 0.944. The second kappa shape index (κ2) is 46.9. The van der Waals surface area contributed by atoms with Crippen LogP contribution in [0.3, 0.4) is 0 Å². The van der Waals surface area contributed by atoms with Gasteiger partial charge in [0, 0.05) is 19.3 Å². The van der Waals surface area contributed by atoms with Crippen molar-refractivity contribution in [3.8, 4) is 0 Å². The third-order valence-electron chi connectivity index (χ3n) is 12.2. The van der Waals surface area contributed by atoms with E-state index in [2.05, 4.69) is 34.6 Å². The third kappa shape index (κ3) is 47.5. The van der Waals surface area contributed by atoms with Crippen molar-refractivity contribution in [2.75, 3.05) is 13.2 Å². The predicted octanol–water partition coefficient (Wildman–Crippen LogP) is 17.3.